The van der Waals surface area contributed by atoms with Crippen LogP contribution in [-0.4, -0.2) is 57.0 Å². The third-order valence-corrected chi connectivity index (χ3v) is 4.19. The second-order valence-electron chi connectivity index (χ2n) is 7.57. The van der Waals surface area contributed by atoms with E-state index in [0.29, 0.717) is 41.5 Å². The molecule has 0 aromatic carbocycles. The zero-order valence-electron chi connectivity index (χ0n) is 15.5. The van der Waals surface area contributed by atoms with Gasteiger partial charge in [-0.3, -0.25) is 9.78 Å². The molecule has 1 unspecified atom stereocenters. The number of hydrogen-bond acceptors (Lipinski definition) is 7. The summed E-state index contributed by atoms with van der Waals surface area (Å²) in [6, 6.07) is 1.64. The number of anilines is 1. The summed E-state index contributed by atoms with van der Waals surface area (Å²) in [6.07, 6.45) is 3.08. The number of carbonyl (C=O) groups is 2. The van der Waals surface area contributed by atoms with E-state index in [9.17, 15) is 9.59 Å². The summed E-state index contributed by atoms with van der Waals surface area (Å²) in [4.78, 5) is 38.6. The number of ketones is 1. The van der Waals surface area contributed by atoms with Gasteiger partial charge >= 0.3 is 6.09 Å². The Morgan fingerprint density at radius 2 is 2.11 bits per heavy atom. The first-order chi connectivity index (χ1) is 12.7. The Kier molecular flexibility index (Phi) is 5.46. The fourth-order valence-electron chi connectivity index (χ4n) is 2.95. The van der Waals surface area contributed by atoms with E-state index >= 15 is 0 Å². The third-order valence-electron chi connectivity index (χ3n) is 4.00. The van der Waals surface area contributed by atoms with Crippen molar-refractivity contribution in [3.05, 3.63) is 23.6 Å². The molecule has 3 heterocycles. The Morgan fingerprint density at radius 1 is 1.37 bits per heavy atom. The van der Waals surface area contributed by atoms with E-state index in [4.69, 9.17) is 16.3 Å². The van der Waals surface area contributed by atoms with E-state index < -0.39 is 11.7 Å². The van der Waals surface area contributed by atoms with Crippen LogP contribution in [-0.2, 0) is 9.53 Å². The Labute approximate surface area is 162 Å². The number of piperidine rings is 1. The molecule has 0 saturated carbocycles. The van der Waals surface area contributed by atoms with Crippen LogP contribution in [0.15, 0.2) is 18.5 Å². The average Bonchev–Trinajstić information content (AvgIpc) is 2.57. The summed E-state index contributed by atoms with van der Waals surface area (Å²) in [5.41, 5.74) is 0.635. The zero-order chi connectivity index (χ0) is 19.6. The zero-order valence-corrected chi connectivity index (χ0v) is 16.3. The molecular weight excluding hydrogens is 370 g/mol. The second kappa shape index (κ2) is 7.64. The van der Waals surface area contributed by atoms with Gasteiger partial charge < -0.3 is 15.0 Å². The van der Waals surface area contributed by atoms with Gasteiger partial charge in [-0.1, -0.05) is 11.6 Å². The van der Waals surface area contributed by atoms with Crippen molar-refractivity contribution in [1.82, 2.24) is 19.9 Å². The van der Waals surface area contributed by atoms with Crippen LogP contribution in [0.25, 0.3) is 11.0 Å². The van der Waals surface area contributed by atoms with E-state index in [1.165, 1.54) is 4.90 Å². The van der Waals surface area contributed by atoms with Crippen molar-refractivity contribution in [3.8, 4) is 0 Å². The Balaban J connectivity index is 1.69. The van der Waals surface area contributed by atoms with Crippen LogP contribution in [0.3, 0.4) is 0 Å². The van der Waals surface area contributed by atoms with Gasteiger partial charge in [-0.2, -0.15) is 0 Å². The molecule has 1 aliphatic heterocycles. The lowest BCUT2D eigenvalue weighted by molar-refractivity contribution is -0.123. The molecule has 1 amide bonds. The van der Waals surface area contributed by atoms with Crippen LogP contribution < -0.4 is 5.32 Å². The standard InChI is InChI=1S/C18H22ClN5O3/c1-18(2,3)27-17(26)24-9-11(6-12(25)10-24)8-22-16-15-13(7-14(19)23-16)20-4-5-21-15/h4-5,7,11H,6,8-10H2,1-3H3,(H,22,23). The number of nitrogens with one attached hydrogen (secondary N) is 1. The quantitative estimate of drug-likeness (QED) is 0.803. The molecule has 1 atom stereocenters. The number of carbonyl (C=O) groups excluding carboxylic acids is 2. The molecule has 3 rings (SSSR count). The highest BCUT2D eigenvalue weighted by atomic mass is 35.5. The first kappa shape index (κ1) is 19.3. The predicted octanol–water partition coefficient (Wildman–Crippen LogP) is 2.92. The number of likely N-dealkylation sites (tertiary alicyclic amines) is 1. The fraction of sp³-hybridized carbons (Fsp3) is 0.500. The molecule has 0 aliphatic carbocycles. The Hall–Kier alpha value is -2.48. The molecule has 0 radical (unpaired) electrons. The highest BCUT2D eigenvalue weighted by Crippen LogP contribution is 2.23. The predicted molar refractivity (Wildman–Crippen MR) is 102 cm³/mol. The fourth-order valence-corrected chi connectivity index (χ4v) is 3.14. The number of Topliss-reactive ketones (excluding diaryl/α,β-unsaturated/α-hetero) is 1. The highest BCUT2D eigenvalue weighted by Gasteiger charge is 2.31. The molecule has 1 fully saturated rings. The lowest BCUT2D eigenvalue weighted by atomic mass is 9.97. The normalized spacial score (nSPS) is 17.9. The monoisotopic (exact) mass is 391 g/mol. The topological polar surface area (TPSA) is 97.3 Å². The van der Waals surface area contributed by atoms with Crippen molar-refractivity contribution in [3.63, 3.8) is 0 Å². The molecule has 0 bridgehead atoms. The van der Waals surface area contributed by atoms with Gasteiger partial charge in [0.25, 0.3) is 0 Å². The SMILES string of the molecule is CC(C)(C)OC(=O)N1CC(=O)CC(CNc2nc(Cl)cc3nccnc23)C1. The number of nitrogens with zero attached hydrogens (tertiary/aromatic N) is 4. The molecule has 2 aromatic rings. The number of pyridine rings is 1. The molecule has 1 N–H and O–H groups in total. The molecule has 9 heteroatoms. The largest absolute Gasteiger partial charge is 0.444 e. The van der Waals surface area contributed by atoms with Gasteiger partial charge in [0, 0.05) is 43.9 Å². The summed E-state index contributed by atoms with van der Waals surface area (Å²) in [5, 5.41) is 3.50. The van der Waals surface area contributed by atoms with Gasteiger partial charge in [-0.15, -0.1) is 0 Å². The molecule has 27 heavy (non-hydrogen) atoms. The molecule has 2 aromatic heterocycles. The van der Waals surface area contributed by atoms with Crippen LogP contribution in [0.4, 0.5) is 10.6 Å². The maximum Gasteiger partial charge on any atom is 0.410 e. The van der Waals surface area contributed by atoms with Gasteiger partial charge in [0.15, 0.2) is 11.6 Å². The lowest BCUT2D eigenvalue weighted by Crippen LogP contribution is -2.47. The summed E-state index contributed by atoms with van der Waals surface area (Å²) in [5.74, 6) is 0.446. The summed E-state index contributed by atoms with van der Waals surface area (Å²) < 4.78 is 5.38. The lowest BCUT2D eigenvalue weighted by Gasteiger charge is -2.33. The van der Waals surface area contributed by atoms with Crippen LogP contribution in [0.1, 0.15) is 27.2 Å². The summed E-state index contributed by atoms with van der Waals surface area (Å²) in [7, 11) is 0. The minimum absolute atomic E-state index is 0.00242. The van der Waals surface area contributed by atoms with E-state index in [1.54, 1.807) is 39.2 Å². The van der Waals surface area contributed by atoms with E-state index in [0.717, 1.165) is 0 Å². The van der Waals surface area contributed by atoms with Crippen molar-refractivity contribution >= 4 is 40.3 Å². The van der Waals surface area contributed by atoms with Gasteiger partial charge in [0.05, 0.1) is 12.1 Å². The van der Waals surface area contributed by atoms with Crippen molar-refractivity contribution in [2.45, 2.75) is 32.8 Å². The third kappa shape index (κ3) is 5.03. The first-order valence-electron chi connectivity index (χ1n) is 8.72. The minimum Gasteiger partial charge on any atom is -0.444 e. The van der Waals surface area contributed by atoms with Gasteiger partial charge in [0.2, 0.25) is 0 Å². The van der Waals surface area contributed by atoms with Crippen LogP contribution in [0.2, 0.25) is 5.15 Å². The van der Waals surface area contributed by atoms with E-state index in [2.05, 4.69) is 20.3 Å². The van der Waals surface area contributed by atoms with Crippen LogP contribution >= 0.6 is 11.6 Å². The number of ether oxygens (including phenoxy) is 1. The maximum absolute atomic E-state index is 12.3. The molecule has 1 aliphatic rings. The number of hydrogen-bond donors (Lipinski definition) is 1. The second-order valence-corrected chi connectivity index (χ2v) is 7.96. The Bertz CT molecular complexity index is 868. The Morgan fingerprint density at radius 3 is 2.85 bits per heavy atom. The van der Waals surface area contributed by atoms with Crippen molar-refractivity contribution < 1.29 is 14.3 Å². The summed E-state index contributed by atoms with van der Waals surface area (Å²) in [6.45, 7) is 6.35. The highest BCUT2D eigenvalue weighted by molar-refractivity contribution is 6.30. The molecule has 144 valence electrons. The summed E-state index contributed by atoms with van der Waals surface area (Å²) >= 11 is 6.05. The first-order valence-corrected chi connectivity index (χ1v) is 9.10. The molecular formula is C18H22ClN5O3. The van der Waals surface area contributed by atoms with Crippen LogP contribution in [0.5, 0.6) is 0 Å². The van der Waals surface area contributed by atoms with Crippen LogP contribution in [0, 0.1) is 5.92 Å². The molecule has 8 nitrogen and oxygen atoms in total. The number of fused-ring (bicyclic) bond motifs is 1. The number of halogens is 1. The number of rotatable bonds is 3. The number of amides is 1. The van der Waals surface area contributed by atoms with Crippen molar-refractivity contribution in [1.29, 1.82) is 0 Å². The average molecular weight is 392 g/mol. The smallest absolute Gasteiger partial charge is 0.410 e. The molecule has 1 saturated heterocycles. The van der Waals surface area contributed by atoms with E-state index in [-0.39, 0.29) is 18.2 Å². The van der Waals surface area contributed by atoms with Crippen molar-refractivity contribution in [2.24, 2.45) is 5.92 Å². The van der Waals surface area contributed by atoms with Gasteiger partial charge in [0.1, 0.15) is 16.3 Å². The van der Waals surface area contributed by atoms with Crippen molar-refractivity contribution in [2.75, 3.05) is 25.0 Å². The number of aromatic nitrogens is 3. The van der Waals surface area contributed by atoms with E-state index in [1.807, 2.05) is 0 Å². The van der Waals surface area contributed by atoms with Gasteiger partial charge in [-0.05, 0) is 20.8 Å². The minimum atomic E-state index is -0.604. The maximum atomic E-state index is 12.3. The van der Waals surface area contributed by atoms with Gasteiger partial charge in [-0.25, -0.2) is 14.8 Å². The molecule has 0 spiro atoms.